The largest absolute Gasteiger partial charge is 0.334 e. The van der Waals surface area contributed by atoms with Crippen LogP contribution in [0.15, 0.2) is 35.0 Å². The van der Waals surface area contributed by atoms with E-state index in [2.05, 4.69) is 45.2 Å². The maximum atomic E-state index is 13.4. The Bertz CT molecular complexity index is 823. The summed E-state index contributed by atoms with van der Waals surface area (Å²) < 4.78 is 0. The highest BCUT2D eigenvalue weighted by atomic mass is 32.1. The van der Waals surface area contributed by atoms with Crippen LogP contribution in [0.5, 0.6) is 0 Å². The molecule has 142 valence electrons. The van der Waals surface area contributed by atoms with Crippen LogP contribution in [0.25, 0.3) is 0 Å². The molecule has 1 aromatic heterocycles. The molecule has 5 rings (SSSR count). The number of carbonyl (C=O) groups excluding carboxylic acids is 1. The third kappa shape index (κ3) is 3.45. The van der Waals surface area contributed by atoms with E-state index in [1.54, 1.807) is 11.3 Å². The van der Waals surface area contributed by atoms with Crippen molar-refractivity contribution in [2.45, 2.75) is 57.5 Å². The number of aryl methyl sites for hydroxylation is 2. The summed E-state index contributed by atoms with van der Waals surface area (Å²) in [6, 6.07) is 9.31. The van der Waals surface area contributed by atoms with E-state index in [0.717, 1.165) is 19.6 Å². The highest BCUT2D eigenvalue weighted by molar-refractivity contribution is 7.07. The quantitative estimate of drug-likeness (QED) is 0.852. The third-order valence-corrected chi connectivity index (χ3v) is 7.63. The number of thiophene rings is 1. The third-order valence-electron chi connectivity index (χ3n) is 6.89. The van der Waals surface area contributed by atoms with Gasteiger partial charge < -0.3 is 10.2 Å². The van der Waals surface area contributed by atoms with Gasteiger partial charge >= 0.3 is 0 Å². The number of carbonyl (C=O) groups is 1. The van der Waals surface area contributed by atoms with E-state index in [9.17, 15) is 4.79 Å². The average Bonchev–Trinajstić information content (AvgIpc) is 3.09. The molecule has 2 heterocycles. The number of amides is 1. The lowest BCUT2D eigenvalue weighted by Gasteiger charge is -2.29. The summed E-state index contributed by atoms with van der Waals surface area (Å²) in [4.78, 5) is 15.6. The predicted octanol–water partition coefficient (Wildman–Crippen LogP) is 3.95. The number of nitrogens with zero attached hydrogens (tertiary/aromatic N) is 1. The predicted molar refractivity (Wildman–Crippen MR) is 110 cm³/mol. The minimum absolute atomic E-state index is 0.305. The normalized spacial score (nSPS) is 22.6. The van der Waals surface area contributed by atoms with Crippen LogP contribution in [0, 0.1) is 5.41 Å². The molecule has 4 heteroatoms. The van der Waals surface area contributed by atoms with Gasteiger partial charge in [-0.15, -0.1) is 0 Å². The number of benzene rings is 1. The van der Waals surface area contributed by atoms with Gasteiger partial charge in [0.1, 0.15) is 0 Å². The molecule has 2 aliphatic carbocycles. The van der Waals surface area contributed by atoms with Gasteiger partial charge in [-0.25, -0.2) is 0 Å². The Labute approximate surface area is 165 Å². The molecule has 1 unspecified atom stereocenters. The number of nitrogens with one attached hydrogen (secondary N) is 1. The zero-order valence-electron chi connectivity index (χ0n) is 15.9. The van der Waals surface area contributed by atoms with Gasteiger partial charge in [-0.1, -0.05) is 18.2 Å². The van der Waals surface area contributed by atoms with Crippen molar-refractivity contribution >= 4 is 17.2 Å². The number of piperidine rings is 1. The summed E-state index contributed by atoms with van der Waals surface area (Å²) in [5, 5.41) is 7.78. The van der Waals surface area contributed by atoms with Crippen molar-refractivity contribution in [2.24, 2.45) is 5.41 Å². The molecular formula is C23H28N2OS. The molecule has 3 aliphatic rings. The molecule has 1 aliphatic heterocycles. The topological polar surface area (TPSA) is 32.3 Å². The second-order valence-corrected chi connectivity index (χ2v) is 9.40. The van der Waals surface area contributed by atoms with Crippen molar-refractivity contribution in [1.29, 1.82) is 0 Å². The van der Waals surface area contributed by atoms with Crippen molar-refractivity contribution in [3.05, 3.63) is 57.3 Å². The van der Waals surface area contributed by atoms with Crippen molar-refractivity contribution in [3.63, 3.8) is 0 Å². The zero-order chi connectivity index (χ0) is 18.3. The summed E-state index contributed by atoms with van der Waals surface area (Å²) >= 11 is 1.72. The fourth-order valence-corrected chi connectivity index (χ4v) is 5.85. The van der Waals surface area contributed by atoms with Gasteiger partial charge in [0.05, 0.1) is 6.42 Å². The van der Waals surface area contributed by atoms with Gasteiger partial charge in [-0.2, -0.15) is 11.3 Å². The van der Waals surface area contributed by atoms with Crippen LogP contribution in [0.1, 0.15) is 47.9 Å². The lowest BCUT2D eigenvalue weighted by atomic mass is 9.93. The van der Waals surface area contributed by atoms with Gasteiger partial charge in [0.2, 0.25) is 5.91 Å². The first-order valence-corrected chi connectivity index (χ1v) is 11.3. The summed E-state index contributed by atoms with van der Waals surface area (Å²) in [5.41, 5.74) is 5.80. The smallest absolute Gasteiger partial charge is 0.227 e. The summed E-state index contributed by atoms with van der Waals surface area (Å²) in [5.74, 6) is 0.305. The maximum absolute atomic E-state index is 13.4. The molecule has 1 amide bonds. The zero-order valence-corrected chi connectivity index (χ0v) is 16.7. The Morgan fingerprint density at radius 3 is 2.81 bits per heavy atom. The maximum Gasteiger partial charge on any atom is 0.227 e. The van der Waals surface area contributed by atoms with Crippen molar-refractivity contribution < 1.29 is 4.79 Å². The Kier molecular flexibility index (Phi) is 4.57. The van der Waals surface area contributed by atoms with E-state index in [-0.39, 0.29) is 0 Å². The first-order valence-electron chi connectivity index (χ1n) is 10.4. The number of rotatable bonds is 5. The second-order valence-electron chi connectivity index (χ2n) is 8.62. The van der Waals surface area contributed by atoms with E-state index in [1.165, 1.54) is 60.8 Å². The first-order chi connectivity index (χ1) is 13.2. The van der Waals surface area contributed by atoms with Crippen LogP contribution in [0.3, 0.4) is 0 Å². The summed E-state index contributed by atoms with van der Waals surface area (Å²) in [7, 11) is 0. The lowest BCUT2D eigenvalue weighted by Crippen LogP contribution is -2.39. The minimum Gasteiger partial charge on any atom is -0.334 e. The van der Waals surface area contributed by atoms with Crippen LogP contribution in [-0.4, -0.2) is 29.9 Å². The second kappa shape index (κ2) is 7.06. The monoisotopic (exact) mass is 380 g/mol. The Morgan fingerprint density at radius 2 is 2.00 bits per heavy atom. The molecule has 2 fully saturated rings. The molecule has 0 bridgehead atoms. The molecule has 3 nitrogen and oxygen atoms in total. The fourth-order valence-electron chi connectivity index (χ4n) is 5.19. The number of hydrogen-bond donors (Lipinski definition) is 1. The highest BCUT2D eigenvalue weighted by Gasteiger charge is 2.57. The molecule has 1 spiro atoms. The fraction of sp³-hybridized carbons (Fsp3) is 0.522. The van der Waals surface area contributed by atoms with Gasteiger partial charge in [-0.3, -0.25) is 4.79 Å². The van der Waals surface area contributed by atoms with Crippen molar-refractivity contribution in [2.75, 3.05) is 13.1 Å². The molecule has 0 radical (unpaired) electrons. The van der Waals surface area contributed by atoms with Gasteiger partial charge in [0.15, 0.2) is 0 Å². The van der Waals surface area contributed by atoms with Crippen LogP contribution in [0.4, 0.5) is 0 Å². The van der Waals surface area contributed by atoms with E-state index < -0.39 is 0 Å². The minimum atomic E-state index is 0.305. The van der Waals surface area contributed by atoms with E-state index in [1.807, 2.05) is 0 Å². The SMILES string of the molecule is O=C(Cc1ccc2c(c1)CCC2)N(Cc1ccsc1)C1CC12CCNCC2. The molecule has 1 atom stereocenters. The van der Waals surface area contributed by atoms with E-state index in [0.29, 0.717) is 23.8 Å². The van der Waals surface area contributed by atoms with Gasteiger partial charge in [0.25, 0.3) is 0 Å². The molecule has 1 aromatic carbocycles. The van der Waals surface area contributed by atoms with Crippen molar-refractivity contribution in [3.8, 4) is 0 Å². The molecular weight excluding hydrogens is 352 g/mol. The molecule has 1 saturated heterocycles. The number of hydrogen-bond acceptors (Lipinski definition) is 3. The van der Waals surface area contributed by atoms with Crippen molar-refractivity contribution in [1.82, 2.24) is 10.2 Å². The lowest BCUT2D eigenvalue weighted by molar-refractivity contribution is -0.132. The Morgan fingerprint density at radius 1 is 1.15 bits per heavy atom. The Hall–Kier alpha value is -1.65. The summed E-state index contributed by atoms with van der Waals surface area (Å²) in [6.07, 6.45) is 7.79. The highest BCUT2D eigenvalue weighted by Crippen LogP contribution is 2.56. The number of fused-ring (bicyclic) bond motifs is 1. The molecule has 27 heavy (non-hydrogen) atoms. The van der Waals surface area contributed by atoms with Crippen LogP contribution in [-0.2, 0) is 30.6 Å². The molecule has 1 N–H and O–H groups in total. The van der Waals surface area contributed by atoms with E-state index in [4.69, 9.17) is 0 Å². The first kappa shape index (κ1) is 17.4. The van der Waals surface area contributed by atoms with Gasteiger partial charge in [0, 0.05) is 12.6 Å². The Balaban J connectivity index is 1.34. The van der Waals surface area contributed by atoms with Crippen LogP contribution < -0.4 is 5.32 Å². The van der Waals surface area contributed by atoms with Crippen LogP contribution >= 0.6 is 11.3 Å². The summed E-state index contributed by atoms with van der Waals surface area (Å²) in [6.45, 7) is 2.97. The van der Waals surface area contributed by atoms with Gasteiger partial charge in [-0.05, 0) is 96.1 Å². The molecule has 1 saturated carbocycles. The standard InChI is InChI=1S/C23H28N2OS/c26-22(13-17-4-5-19-2-1-3-20(19)12-17)25(15-18-6-11-27-16-18)21-14-23(21)7-9-24-10-8-23/h4-6,11-12,16,21,24H,1-3,7-10,13-15H2. The van der Waals surface area contributed by atoms with Crippen LogP contribution in [0.2, 0.25) is 0 Å². The average molecular weight is 381 g/mol. The van der Waals surface area contributed by atoms with E-state index >= 15 is 0 Å². The molecule has 2 aromatic rings.